The molecule has 0 atom stereocenters. The molecule has 4 heteroatoms. The zero-order chi connectivity index (χ0) is 13.7. The van der Waals surface area contributed by atoms with Gasteiger partial charge < -0.3 is 10.2 Å². The van der Waals surface area contributed by atoms with Crippen molar-refractivity contribution in [1.29, 1.82) is 0 Å². The van der Waals surface area contributed by atoms with E-state index in [2.05, 4.69) is 19.2 Å². The zero-order valence-electron chi connectivity index (χ0n) is 11.5. The first-order valence-electron chi connectivity index (χ1n) is 6.14. The van der Waals surface area contributed by atoms with Crippen LogP contribution in [-0.4, -0.2) is 38.0 Å². The second-order valence-corrected chi connectivity index (χ2v) is 5.36. The molecule has 0 spiro atoms. The van der Waals surface area contributed by atoms with Gasteiger partial charge in [0.15, 0.2) is 0 Å². The molecule has 1 N–H and O–H groups in total. The van der Waals surface area contributed by atoms with Gasteiger partial charge in [0.25, 0.3) is 5.91 Å². The van der Waals surface area contributed by atoms with E-state index in [1.54, 1.807) is 12.1 Å². The van der Waals surface area contributed by atoms with Gasteiger partial charge in [0.1, 0.15) is 0 Å². The highest BCUT2D eigenvalue weighted by molar-refractivity contribution is 6.31. The Morgan fingerprint density at radius 1 is 1.39 bits per heavy atom. The van der Waals surface area contributed by atoms with Gasteiger partial charge in [-0.1, -0.05) is 25.4 Å². The topological polar surface area (TPSA) is 32.3 Å². The molecular weight excluding hydrogens is 248 g/mol. The number of hydrogen-bond acceptors (Lipinski definition) is 2. The summed E-state index contributed by atoms with van der Waals surface area (Å²) in [6, 6.07) is 5.43. The minimum Gasteiger partial charge on any atom is -0.351 e. The summed E-state index contributed by atoms with van der Waals surface area (Å²) in [6.07, 6.45) is 0. The summed E-state index contributed by atoms with van der Waals surface area (Å²) in [6.45, 7) is 5.60. The maximum absolute atomic E-state index is 11.9. The van der Waals surface area contributed by atoms with Crippen molar-refractivity contribution in [1.82, 2.24) is 10.2 Å². The fourth-order valence-corrected chi connectivity index (χ4v) is 1.96. The summed E-state index contributed by atoms with van der Waals surface area (Å²) in [5, 5.41) is 3.61. The number of hydrogen-bond donors (Lipinski definition) is 1. The lowest BCUT2D eigenvalue weighted by Gasteiger charge is -2.12. The number of nitrogens with zero attached hydrogens (tertiary/aromatic N) is 1. The Balaban J connectivity index is 2.71. The van der Waals surface area contributed by atoms with Gasteiger partial charge in [-0.25, -0.2) is 0 Å². The van der Waals surface area contributed by atoms with E-state index in [0.717, 1.165) is 17.1 Å². The van der Waals surface area contributed by atoms with Crippen LogP contribution < -0.4 is 5.32 Å². The van der Waals surface area contributed by atoms with E-state index in [1.165, 1.54) is 0 Å². The number of halogens is 1. The number of carbonyl (C=O) groups is 1. The quantitative estimate of drug-likeness (QED) is 0.891. The number of rotatable bonds is 5. The second kappa shape index (κ2) is 6.76. The standard InChI is InChI=1S/C14H21ClN2O/c1-10(2)12-9-11(5-6-13(12)15)14(18)16-7-8-17(3)4/h5-6,9-10H,7-8H2,1-4H3,(H,16,18). The van der Waals surface area contributed by atoms with E-state index >= 15 is 0 Å². The van der Waals surface area contributed by atoms with Crippen molar-refractivity contribution in [2.24, 2.45) is 0 Å². The van der Waals surface area contributed by atoms with Crippen molar-refractivity contribution in [3.63, 3.8) is 0 Å². The molecule has 3 nitrogen and oxygen atoms in total. The fourth-order valence-electron chi connectivity index (χ4n) is 1.62. The van der Waals surface area contributed by atoms with Crippen molar-refractivity contribution in [2.45, 2.75) is 19.8 Å². The normalized spacial score (nSPS) is 11.1. The molecule has 0 aromatic heterocycles. The van der Waals surface area contributed by atoms with Crippen molar-refractivity contribution < 1.29 is 4.79 Å². The average molecular weight is 269 g/mol. The van der Waals surface area contributed by atoms with E-state index in [0.29, 0.717) is 18.0 Å². The van der Waals surface area contributed by atoms with Gasteiger partial charge in [-0.2, -0.15) is 0 Å². The maximum atomic E-state index is 11.9. The minimum absolute atomic E-state index is 0.0459. The Labute approximate surface area is 114 Å². The number of nitrogens with one attached hydrogen (secondary N) is 1. The van der Waals surface area contributed by atoms with Crippen LogP contribution in [0.3, 0.4) is 0 Å². The molecule has 0 saturated heterocycles. The SMILES string of the molecule is CC(C)c1cc(C(=O)NCCN(C)C)ccc1Cl. The Bertz CT molecular complexity index is 416. The molecule has 0 aliphatic carbocycles. The first kappa shape index (κ1) is 15.0. The van der Waals surface area contributed by atoms with Gasteiger partial charge in [0.2, 0.25) is 0 Å². The van der Waals surface area contributed by atoms with Crippen LogP contribution in [0.15, 0.2) is 18.2 Å². The van der Waals surface area contributed by atoms with Gasteiger partial charge >= 0.3 is 0 Å². The van der Waals surface area contributed by atoms with Crippen LogP contribution in [0.25, 0.3) is 0 Å². The van der Waals surface area contributed by atoms with E-state index in [-0.39, 0.29) is 5.91 Å². The summed E-state index contributed by atoms with van der Waals surface area (Å²) in [5.74, 6) is 0.266. The molecule has 0 aliphatic heterocycles. The summed E-state index contributed by atoms with van der Waals surface area (Å²) in [5.41, 5.74) is 1.68. The maximum Gasteiger partial charge on any atom is 0.251 e. The summed E-state index contributed by atoms with van der Waals surface area (Å²) < 4.78 is 0. The number of likely N-dealkylation sites (N-methyl/N-ethyl adjacent to an activating group) is 1. The van der Waals surface area contributed by atoms with E-state index in [9.17, 15) is 4.79 Å². The minimum atomic E-state index is -0.0459. The predicted molar refractivity (Wildman–Crippen MR) is 76.4 cm³/mol. The van der Waals surface area contributed by atoms with E-state index in [4.69, 9.17) is 11.6 Å². The Hall–Kier alpha value is -1.06. The predicted octanol–water partition coefficient (Wildman–Crippen LogP) is 2.75. The van der Waals surface area contributed by atoms with E-state index in [1.807, 2.05) is 25.1 Å². The second-order valence-electron chi connectivity index (χ2n) is 4.95. The molecule has 18 heavy (non-hydrogen) atoms. The molecular formula is C14H21ClN2O. The smallest absolute Gasteiger partial charge is 0.251 e. The number of amides is 1. The first-order chi connectivity index (χ1) is 8.41. The van der Waals surface area contributed by atoms with Gasteiger partial charge in [-0.05, 0) is 43.8 Å². The largest absolute Gasteiger partial charge is 0.351 e. The summed E-state index contributed by atoms with van der Waals surface area (Å²) in [7, 11) is 3.95. The van der Waals surface area contributed by atoms with Crippen LogP contribution in [0.2, 0.25) is 5.02 Å². The van der Waals surface area contributed by atoms with Crippen LogP contribution in [0.5, 0.6) is 0 Å². The molecule has 0 saturated carbocycles. The van der Waals surface area contributed by atoms with Crippen LogP contribution in [0.1, 0.15) is 35.7 Å². The van der Waals surface area contributed by atoms with Gasteiger partial charge in [-0.15, -0.1) is 0 Å². The zero-order valence-corrected chi connectivity index (χ0v) is 12.2. The van der Waals surface area contributed by atoms with Gasteiger partial charge in [0.05, 0.1) is 0 Å². The lowest BCUT2D eigenvalue weighted by Crippen LogP contribution is -2.31. The van der Waals surface area contributed by atoms with Crippen molar-refractivity contribution in [2.75, 3.05) is 27.2 Å². The van der Waals surface area contributed by atoms with Crippen LogP contribution in [-0.2, 0) is 0 Å². The molecule has 0 unspecified atom stereocenters. The molecule has 1 amide bonds. The van der Waals surface area contributed by atoms with Crippen molar-refractivity contribution >= 4 is 17.5 Å². The highest BCUT2D eigenvalue weighted by Gasteiger charge is 2.10. The first-order valence-corrected chi connectivity index (χ1v) is 6.52. The Kier molecular flexibility index (Phi) is 5.63. The molecule has 0 bridgehead atoms. The highest BCUT2D eigenvalue weighted by Crippen LogP contribution is 2.25. The van der Waals surface area contributed by atoms with Crippen LogP contribution >= 0.6 is 11.6 Å². The molecule has 0 aliphatic rings. The molecule has 0 radical (unpaired) electrons. The third-order valence-electron chi connectivity index (χ3n) is 2.72. The molecule has 1 rings (SSSR count). The van der Waals surface area contributed by atoms with Gasteiger partial charge in [0, 0.05) is 23.7 Å². The van der Waals surface area contributed by atoms with Gasteiger partial charge in [-0.3, -0.25) is 4.79 Å². The molecule has 1 aromatic rings. The number of benzene rings is 1. The Morgan fingerprint density at radius 2 is 2.06 bits per heavy atom. The summed E-state index contributed by atoms with van der Waals surface area (Å²) in [4.78, 5) is 14.0. The monoisotopic (exact) mass is 268 g/mol. The van der Waals surface area contributed by atoms with Crippen molar-refractivity contribution in [3.8, 4) is 0 Å². The summed E-state index contributed by atoms with van der Waals surface area (Å²) >= 11 is 6.10. The third-order valence-corrected chi connectivity index (χ3v) is 3.07. The molecule has 1 aromatic carbocycles. The lowest BCUT2D eigenvalue weighted by molar-refractivity contribution is 0.0951. The number of carbonyl (C=O) groups excluding carboxylic acids is 1. The average Bonchev–Trinajstić information content (AvgIpc) is 2.28. The fraction of sp³-hybridized carbons (Fsp3) is 0.500. The highest BCUT2D eigenvalue weighted by atomic mass is 35.5. The van der Waals surface area contributed by atoms with Crippen LogP contribution in [0, 0.1) is 0 Å². The lowest BCUT2D eigenvalue weighted by atomic mass is 10.0. The van der Waals surface area contributed by atoms with Crippen LogP contribution in [0.4, 0.5) is 0 Å². The molecule has 0 fully saturated rings. The molecule has 0 heterocycles. The van der Waals surface area contributed by atoms with Crippen molar-refractivity contribution in [3.05, 3.63) is 34.3 Å². The molecule has 100 valence electrons. The Morgan fingerprint density at radius 3 is 2.61 bits per heavy atom. The third kappa shape index (κ3) is 4.31. The van der Waals surface area contributed by atoms with E-state index < -0.39 is 0 Å².